The molecule has 0 rings (SSSR count). The second kappa shape index (κ2) is 10.6. The molecule has 4 heteroatoms. The molecule has 0 aromatic rings. The Morgan fingerprint density at radius 3 is 2.47 bits per heavy atom. The summed E-state index contributed by atoms with van der Waals surface area (Å²) in [5, 5.41) is 12.9. The van der Waals surface area contributed by atoms with Crippen molar-refractivity contribution in [1.82, 2.24) is 10.2 Å². The summed E-state index contributed by atoms with van der Waals surface area (Å²) in [6.45, 7) is 12.3. The summed E-state index contributed by atoms with van der Waals surface area (Å²) in [6, 6.07) is 0.408. The molecule has 1 unspecified atom stereocenters. The molecule has 2 N–H and O–H groups in total. The number of aliphatic hydroxyl groups excluding tert-OH is 1. The van der Waals surface area contributed by atoms with E-state index in [0.717, 1.165) is 45.6 Å². The molecule has 0 aromatic heterocycles. The molecule has 116 valence electrons. The Kier molecular flexibility index (Phi) is 10.5. The van der Waals surface area contributed by atoms with Gasteiger partial charge in [-0.2, -0.15) is 0 Å². The Morgan fingerprint density at radius 1 is 1.26 bits per heavy atom. The van der Waals surface area contributed by atoms with E-state index in [4.69, 9.17) is 4.74 Å². The largest absolute Gasteiger partial charge is 0.394 e. The zero-order valence-corrected chi connectivity index (χ0v) is 13.5. The monoisotopic (exact) mass is 274 g/mol. The van der Waals surface area contributed by atoms with Crippen molar-refractivity contribution in [2.24, 2.45) is 0 Å². The minimum atomic E-state index is -0.141. The molecule has 0 aromatic carbocycles. The maximum Gasteiger partial charge on any atom is 0.0610 e. The predicted octanol–water partition coefficient (Wildman–Crippen LogP) is 1.87. The first-order valence-corrected chi connectivity index (χ1v) is 7.58. The molecule has 0 heterocycles. The van der Waals surface area contributed by atoms with Gasteiger partial charge >= 0.3 is 0 Å². The van der Waals surface area contributed by atoms with Crippen LogP contribution in [0.25, 0.3) is 0 Å². The standard InChI is InChI=1S/C15H34N2O2/c1-6-19-12-11-17(5)10-8-7-9-15(4,13-18)16-14(2)3/h14,16,18H,6-13H2,1-5H3. The van der Waals surface area contributed by atoms with E-state index in [1.54, 1.807) is 0 Å². The van der Waals surface area contributed by atoms with Gasteiger partial charge in [0.05, 0.1) is 13.2 Å². The molecule has 0 spiro atoms. The fourth-order valence-corrected chi connectivity index (χ4v) is 2.27. The zero-order valence-electron chi connectivity index (χ0n) is 13.5. The maximum atomic E-state index is 9.50. The van der Waals surface area contributed by atoms with Crippen LogP contribution in [0, 0.1) is 0 Å². The molecule has 0 saturated carbocycles. The highest BCUT2D eigenvalue weighted by molar-refractivity contribution is 4.83. The molecule has 0 aliphatic heterocycles. The van der Waals surface area contributed by atoms with Crippen molar-refractivity contribution in [2.45, 2.75) is 58.5 Å². The van der Waals surface area contributed by atoms with Crippen LogP contribution in [0.1, 0.15) is 47.0 Å². The molecule has 0 radical (unpaired) electrons. The lowest BCUT2D eigenvalue weighted by atomic mass is 9.95. The summed E-state index contributed by atoms with van der Waals surface area (Å²) in [7, 11) is 2.14. The summed E-state index contributed by atoms with van der Waals surface area (Å²) in [5.74, 6) is 0. The molecular weight excluding hydrogens is 240 g/mol. The van der Waals surface area contributed by atoms with E-state index in [2.05, 4.69) is 38.0 Å². The topological polar surface area (TPSA) is 44.7 Å². The molecule has 1 atom stereocenters. The highest BCUT2D eigenvalue weighted by Gasteiger charge is 2.22. The number of nitrogens with one attached hydrogen (secondary N) is 1. The van der Waals surface area contributed by atoms with E-state index in [-0.39, 0.29) is 12.1 Å². The van der Waals surface area contributed by atoms with Crippen LogP contribution in [-0.4, -0.2) is 61.5 Å². The minimum Gasteiger partial charge on any atom is -0.394 e. The van der Waals surface area contributed by atoms with Crippen molar-refractivity contribution >= 4 is 0 Å². The number of unbranched alkanes of at least 4 members (excludes halogenated alkanes) is 1. The Morgan fingerprint density at radius 2 is 1.95 bits per heavy atom. The van der Waals surface area contributed by atoms with Crippen molar-refractivity contribution in [3.63, 3.8) is 0 Å². The van der Waals surface area contributed by atoms with E-state index in [9.17, 15) is 5.11 Å². The zero-order chi connectivity index (χ0) is 14.7. The highest BCUT2D eigenvalue weighted by Crippen LogP contribution is 2.14. The normalized spacial score (nSPS) is 15.2. The molecule has 0 amide bonds. The minimum absolute atomic E-state index is 0.141. The molecule has 4 nitrogen and oxygen atoms in total. The molecule has 19 heavy (non-hydrogen) atoms. The third kappa shape index (κ3) is 10.3. The van der Waals surface area contributed by atoms with Gasteiger partial charge in [-0.05, 0) is 40.3 Å². The van der Waals surface area contributed by atoms with Crippen LogP contribution in [-0.2, 0) is 4.74 Å². The number of hydrogen-bond acceptors (Lipinski definition) is 4. The van der Waals surface area contributed by atoms with Crippen molar-refractivity contribution < 1.29 is 9.84 Å². The number of likely N-dealkylation sites (N-methyl/N-ethyl adjacent to an activating group) is 1. The van der Waals surface area contributed by atoms with Gasteiger partial charge in [0.15, 0.2) is 0 Å². The summed E-state index contributed by atoms with van der Waals surface area (Å²) >= 11 is 0. The molecule has 0 bridgehead atoms. The Bertz CT molecular complexity index is 212. The van der Waals surface area contributed by atoms with Crippen LogP contribution >= 0.6 is 0 Å². The van der Waals surface area contributed by atoms with E-state index in [1.807, 2.05) is 6.92 Å². The Labute approximate surface area is 119 Å². The van der Waals surface area contributed by atoms with Crippen molar-refractivity contribution in [2.75, 3.05) is 40.0 Å². The van der Waals surface area contributed by atoms with Crippen LogP contribution in [0.15, 0.2) is 0 Å². The fraction of sp³-hybridized carbons (Fsp3) is 1.00. The van der Waals surface area contributed by atoms with E-state index in [1.165, 1.54) is 0 Å². The van der Waals surface area contributed by atoms with Gasteiger partial charge in [-0.3, -0.25) is 0 Å². The molecule has 0 saturated heterocycles. The summed E-state index contributed by atoms with van der Waals surface area (Å²) in [5.41, 5.74) is -0.141. The summed E-state index contributed by atoms with van der Waals surface area (Å²) in [4.78, 5) is 2.31. The van der Waals surface area contributed by atoms with Crippen molar-refractivity contribution in [1.29, 1.82) is 0 Å². The number of ether oxygens (including phenoxy) is 1. The molecule has 0 fully saturated rings. The first-order chi connectivity index (χ1) is 8.93. The van der Waals surface area contributed by atoms with Crippen LogP contribution in [0.2, 0.25) is 0 Å². The van der Waals surface area contributed by atoms with Crippen LogP contribution in [0.4, 0.5) is 0 Å². The van der Waals surface area contributed by atoms with Crippen LogP contribution in [0.5, 0.6) is 0 Å². The SMILES string of the molecule is CCOCCN(C)CCCCC(C)(CO)NC(C)C. The third-order valence-electron chi connectivity index (χ3n) is 3.33. The second-order valence-electron chi connectivity index (χ2n) is 5.98. The number of hydrogen-bond donors (Lipinski definition) is 2. The van der Waals surface area contributed by atoms with Gasteiger partial charge < -0.3 is 20.1 Å². The van der Waals surface area contributed by atoms with E-state index in [0.29, 0.717) is 6.04 Å². The van der Waals surface area contributed by atoms with Gasteiger partial charge in [0, 0.05) is 24.7 Å². The van der Waals surface area contributed by atoms with Gasteiger partial charge in [0.2, 0.25) is 0 Å². The summed E-state index contributed by atoms with van der Waals surface area (Å²) < 4.78 is 5.34. The first-order valence-electron chi connectivity index (χ1n) is 7.58. The molecule has 0 aliphatic carbocycles. The maximum absolute atomic E-state index is 9.50. The lowest BCUT2D eigenvalue weighted by Gasteiger charge is -2.31. The fourth-order valence-electron chi connectivity index (χ4n) is 2.27. The number of rotatable bonds is 12. The second-order valence-corrected chi connectivity index (χ2v) is 5.98. The van der Waals surface area contributed by atoms with Gasteiger partial charge in [-0.25, -0.2) is 0 Å². The van der Waals surface area contributed by atoms with Gasteiger partial charge in [0.25, 0.3) is 0 Å². The van der Waals surface area contributed by atoms with Gasteiger partial charge in [-0.1, -0.05) is 20.3 Å². The Balaban J connectivity index is 3.70. The average Bonchev–Trinajstić information content (AvgIpc) is 2.34. The number of nitrogens with zero attached hydrogens (tertiary/aromatic N) is 1. The lowest BCUT2D eigenvalue weighted by molar-refractivity contribution is 0.120. The molecule has 0 aliphatic rings. The van der Waals surface area contributed by atoms with Gasteiger partial charge in [-0.15, -0.1) is 0 Å². The lowest BCUT2D eigenvalue weighted by Crippen LogP contribution is -2.49. The average molecular weight is 274 g/mol. The van der Waals surface area contributed by atoms with Crippen LogP contribution in [0.3, 0.4) is 0 Å². The Hall–Kier alpha value is -0.160. The predicted molar refractivity (Wildman–Crippen MR) is 81.6 cm³/mol. The third-order valence-corrected chi connectivity index (χ3v) is 3.33. The first kappa shape index (κ1) is 18.8. The summed E-state index contributed by atoms with van der Waals surface area (Å²) in [6.07, 6.45) is 3.31. The quantitative estimate of drug-likeness (QED) is 0.533. The van der Waals surface area contributed by atoms with E-state index < -0.39 is 0 Å². The van der Waals surface area contributed by atoms with Crippen molar-refractivity contribution in [3.8, 4) is 0 Å². The van der Waals surface area contributed by atoms with Gasteiger partial charge in [0.1, 0.15) is 0 Å². The smallest absolute Gasteiger partial charge is 0.0610 e. The van der Waals surface area contributed by atoms with Crippen molar-refractivity contribution in [3.05, 3.63) is 0 Å². The highest BCUT2D eigenvalue weighted by atomic mass is 16.5. The molecular formula is C15H34N2O2. The number of aliphatic hydroxyl groups is 1. The van der Waals surface area contributed by atoms with Crippen LogP contribution < -0.4 is 5.32 Å². The van der Waals surface area contributed by atoms with E-state index >= 15 is 0 Å².